The van der Waals surface area contributed by atoms with E-state index in [0.29, 0.717) is 43.9 Å². The summed E-state index contributed by atoms with van der Waals surface area (Å²) in [6, 6.07) is 4.56. The van der Waals surface area contributed by atoms with Gasteiger partial charge < -0.3 is 19.4 Å². The molecule has 2 aromatic heterocycles. The smallest absolute Gasteiger partial charge is 0.381 e. The lowest BCUT2D eigenvalue weighted by Gasteiger charge is -2.34. The maximum atomic E-state index is 14.7. The second kappa shape index (κ2) is 8.81. The van der Waals surface area contributed by atoms with E-state index in [1.165, 1.54) is 12.1 Å². The Labute approximate surface area is 194 Å². The van der Waals surface area contributed by atoms with Crippen molar-refractivity contribution in [2.45, 2.75) is 51.6 Å². The third-order valence-electron chi connectivity index (χ3n) is 6.65. The molecule has 2 aliphatic rings. The van der Waals surface area contributed by atoms with Crippen LogP contribution in [0.4, 0.5) is 23.4 Å². The highest BCUT2D eigenvalue weighted by Gasteiger charge is 2.36. The molecule has 4 heterocycles. The SMILES string of the molecule is Cc1nc(N[C@H](C)c2cccc(C(F)(F)F)c2F)c2cc3n(c2n1)CCOC3C1CCOCC1. The molecule has 1 fully saturated rings. The first-order chi connectivity index (χ1) is 16.2. The van der Waals surface area contributed by atoms with Gasteiger partial charge in [0.25, 0.3) is 0 Å². The van der Waals surface area contributed by atoms with Gasteiger partial charge in [-0.05, 0) is 44.7 Å². The summed E-state index contributed by atoms with van der Waals surface area (Å²) in [6.45, 7) is 6.00. The number of aryl methyl sites for hydroxylation is 1. The number of ether oxygens (including phenoxy) is 2. The van der Waals surface area contributed by atoms with Crippen LogP contribution in [0.3, 0.4) is 0 Å². The van der Waals surface area contributed by atoms with Crippen LogP contribution in [0.25, 0.3) is 11.0 Å². The largest absolute Gasteiger partial charge is 0.419 e. The van der Waals surface area contributed by atoms with E-state index in [9.17, 15) is 17.6 Å². The number of fused-ring (bicyclic) bond motifs is 3. The van der Waals surface area contributed by atoms with Gasteiger partial charge in [0.1, 0.15) is 29.2 Å². The van der Waals surface area contributed by atoms with E-state index < -0.39 is 23.6 Å². The zero-order valence-corrected chi connectivity index (χ0v) is 19.0. The lowest BCUT2D eigenvalue weighted by Crippen LogP contribution is -2.30. The van der Waals surface area contributed by atoms with Crippen LogP contribution in [-0.4, -0.2) is 34.4 Å². The average molecular weight is 478 g/mol. The topological polar surface area (TPSA) is 61.2 Å². The van der Waals surface area contributed by atoms with Gasteiger partial charge in [0.2, 0.25) is 0 Å². The number of anilines is 1. The van der Waals surface area contributed by atoms with Gasteiger partial charge in [-0.25, -0.2) is 14.4 Å². The molecular weight excluding hydrogens is 452 g/mol. The van der Waals surface area contributed by atoms with Crippen molar-refractivity contribution in [3.05, 3.63) is 52.7 Å². The molecule has 182 valence electrons. The van der Waals surface area contributed by atoms with Crippen molar-refractivity contribution in [2.24, 2.45) is 5.92 Å². The molecule has 3 aromatic rings. The van der Waals surface area contributed by atoms with Gasteiger partial charge in [0, 0.05) is 31.0 Å². The second-order valence-corrected chi connectivity index (χ2v) is 8.89. The Balaban J connectivity index is 1.52. The molecule has 2 atom stereocenters. The Hall–Kier alpha value is -2.72. The molecule has 10 heteroatoms. The van der Waals surface area contributed by atoms with Crippen molar-refractivity contribution >= 4 is 16.9 Å². The number of hydrogen-bond donors (Lipinski definition) is 1. The molecule has 0 bridgehead atoms. The minimum Gasteiger partial charge on any atom is -0.381 e. The number of alkyl halides is 3. The molecule has 1 aromatic carbocycles. The van der Waals surface area contributed by atoms with E-state index in [2.05, 4.69) is 19.9 Å². The maximum Gasteiger partial charge on any atom is 0.419 e. The first kappa shape index (κ1) is 23.0. The van der Waals surface area contributed by atoms with E-state index in [1.54, 1.807) is 13.8 Å². The van der Waals surface area contributed by atoms with Crippen molar-refractivity contribution < 1.29 is 27.0 Å². The molecule has 0 amide bonds. The van der Waals surface area contributed by atoms with E-state index >= 15 is 0 Å². The number of halogens is 4. The zero-order chi connectivity index (χ0) is 24.0. The van der Waals surface area contributed by atoms with Gasteiger partial charge in [-0.2, -0.15) is 13.2 Å². The number of nitrogens with zero attached hydrogens (tertiary/aromatic N) is 3. The molecule has 0 radical (unpaired) electrons. The van der Waals surface area contributed by atoms with Gasteiger partial charge >= 0.3 is 6.18 Å². The lowest BCUT2D eigenvalue weighted by molar-refractivity contribution is -0.140. The van der Waals surface area contributed by atoms with Gasteiger partial charge in [-0.1, -0.05) is 12.1 Å². The van der Waals surface area contributed by atoms with E-state index in [0.717, 1.165) is 35.6 Å². The molecule has 5 rings (SSSR count). The molecule has 2 aliphatic heterocycles. The Morgan fingerprint density at radius 3 is 2.65 bits per heavy atom. The predicted octanol–water partition coefficient (Wildman–Crippen LogP) is 5.57. The summed E-state index contributed by atoms with van der Waals surface area (Å²) in [5.41, 5.74) is 0.390. The van der Waals surface area contributed by atoms with Crippen LogP contribution in [0.2, 0.25) is 0 Å². The molecule has 34 heavy (non-hydrogen) atoms. The van der Waals surface area contributed by atoms with Crippen LogP contribution < -0.4 is 5.32 Å². The minimum atomic E-state index is -4.76. The standard InChI is InChI=1S/C24H26F4N4O2/c1-13(16-4-3-5-18(20(16)25)24(26,27)28)29-22-17-12-19-21(15-6-9-33-10-7-15)34-11-8-32(19)23(17)31-14(2)30-22/h3-5,12-13,15,21H,6-11H2,1-2H3,(H,29,30,31)/t13-,21?/m1/s1. The zero-order valence-electron chi connectivity index (χ0n) is 19.0. The van der Waals surface area contributed by atoms with E-state index in [1.807, 2.05) is 6.07 Å². The Kier molecular flexibility index (Phi) is 5.97. The summed E-state index contributed by atoms with van der Waals surface area (Å²) in [6.07, 6.45) is -3.03. The highest BCUT2D eigenvalue weighted by Crippen LogP contribution is 2.40. The van der Waals surface area contributed by atoms with Crippen LogP contribution in [-0.2, 0) is 22.2 Å². The summed E-state index contributed by atoms with van der Waals surface area (Å²) in [4.78, 5) is 9.15. The number of benzene rings is 1. The van der Waals surface area contributed by atoms with Crippen LogP contribution in [0.5, 0.6) is 0 Å². The molecular formula is C24H26F4N4O2. The first-order valence-corrected chi connectivity index (χ1v) is 11.4. The molecule has 1 saturated heterocycles. The fourth-order valence-electron chi connectivity index (χ4n) is 4.97. The number of rotatable bonds is 4. The summed E-state index contributed by atoms with van der Waals surface area (Å²) >= 11 is 0. The predicted molar refractivity (Wildman–Crippen MR) is 118 cm³/mol. The fraction of sp³-hybridized carbons (Fsp3) is 0.500. The lowest BCUT2D eigenvalue weighted by atomic mass is 9.91. The minimum absolute atomic E-state index is 0.0772. The average Bonchev–Trinajstić information content (AvgIpc) is 3.18. The first-order valence-electron chi connectivity index (χ1n) is 11.4. The second-order valence-electron chi connectivity index (χ2n) is 8.89. The molecule has 0 saturated carbocycles. The highest BCUT2D eigenvalue weighted by molar-refractivity contribution is 5.89. The Morgan fingerprint density at radius 2 is 1.91 bits per heavy atom. The molecule has 0 aliphatic carbocycles. The van der Waals surface area contributed by atoms with E-state index in [-0.39, 0.29) is 11.7 Å². The van der Waals surface area contributed by atoms with Gasteiger partial charge in [0.05, 0.1) is 23.6 Å². The van der Waals surface area contributed by atoms with Crippen molar-refractivity contribution in [3.63, 3.8) is 0 Å². The summed E-state index contributed by atoms with van der Waals surface area (Å²) < 4.78 is 68.1. The monoisotopic (exact) mass is 478 g/mol. The molecule has 1 N–H and O–H groups in total. The molecule has 0 spiro atoms. The summed E-state index contributed by atoms with van der Waals surface area (Å²) in [7, 11) is 0. The third kappa shape index (κ3) is 4.13. The van der Waals surface area contributed by atoms with Gasteiger partial charge in [0.15, 0.2) is 0 Å². The Morgan fingerprint density at radius 1 is 1.15 bits per heavy atom. The fourth-order valence-corrected chi connectivity index (χ4v) is 4.97. The third-order valence-corrected chi connectivity index (χ3v) is 6.65. The van der Waals surface area contributed by atoms with Crippen LogP contribution in [0.15, 0.2) is 24.3 Å². The van der Waals surface area contributed by atoms with Crippen molar-refractivity contribution in [3.8, 4) is 0 Å². The molecule has 1 unspecified atom stereocenters. The number of hydrogen-bond acceptors (Lipinski definition) is 5. The number of aromatic nitrogens is 3. The maximum absolute atomic E-state index is 14.7. The molecule has 6 nitrogen and oxygen atoms in total. The van der Waals surface area contributed by atoms with Crippen LogP contribution in [0.1, 0.15) is 54.6 Å². The van der Waals surface area contributed by atoms with Crippen molar-refractivity contribution in [2.75, 3.05) is 25.1 Å². The van der Waals surface area contributed by atoms with Crippen LogP contribution >= 0.6 is 0 Å². The van der Waals surface area contributed by atoms with Crippen molar-refractivity contribution in [1.82, 2.24) is 14.5 Å². The van der Waals surface area contributed by atoms with Gasteiger partial charge in [-0.15, -0.1) is 0 Å². The summed E-state index contributed by atoms with van der Waals surface area (Å²) in [5.74, 6) is 0.0306. The summed E-state index contributed by atoms with van der Waals surface area (Å²) in [5, 5.41) is 3.87. The van der Waals surface area contributed by atoms with Crippen molar-refractivity contribution in [1.29, 1.82) is 0 Å². The van der Waals surface area contributed by atoms with E-state index in [4.69, 9.17) is 9.47 Å². The van der Waals surface area contributed by atoms with Gasteiger partial charge in [-0.3, -0.25) is 0 Å². The number of nitrogens with one attached hydrogen (secondary N) is 1. The normalized spacial score (nSPS) is 20.4. The highest BCUT2D eigenvalue weighted by atomic mass is 19.4. The Bertz CT molecular complexity index is 1200. The van der Waals surface area contributed by atoms with Crippen LogP contribution in [0, 0.1) is 18.7 Å². The quantitative estimate of drug-likeness (QED) is 0.497.